The molecular formula is C19H20BrNO2. The van der Waals surface area contributed by atoms with Gasteiger partial charge in [-0.2, -0.15) is 0 Å². The van der Waals surface area contributed by atoms with Crippen molar-refractivity contribution in [1.82, 2.24) is 5.32 Å². The average molecular weight is 374 g/mol. The lowest BCUT2D eigenvalue weighted by molar-refractivity contribution is -0.121. The second-order valence-corrected chi connectivity index (χ2v) is 7.51. The molecule has 1 unspecified atom stereocenters. The maximum Gasteiger partial charge on any atom is 0.220 e. The fraction of sp³-hybridized carbons (Fsp3) is 0.421. The van der Waals surface area contributed by atoms with Crippen molar-refractivity contribution in [1.29, 1.82) is 0 Å². The Hall–Kier alpha value is -1.55. The molecule has 1 N–H and O–H groups in total. The van der Waals surface area contributed by atoms with Gasteiger partial charge in [0.25, 0.3) is 0 Å². The Bertz CT molecular complexity index is 692. The van der Waals surface area contributed by atoms with E-state index in [1.54, 1.807) is 0 Å². The van der Waals surface area contributed by atoms with Gasteiger partial charge in [-0.1, -0.05) is 28.1 Å². The molecule has 0 aromatic rings. The number of fused-ring (bicyclic) bond motifs is 2. The van der Waals surface area contributed by atoms with E-state index in [1.807, 2.05) is 0 Å². The van der Waals surface area contributed by atoms with Gasteiger partial charge in [-0.25, -0.2) is 0 Å². The maximum absolute atomic E-state index is 11.8. The molecule has 4 rings (SSSR count). The molecule has 1 heterocycles. The summed E-state index contributed by atoms with van der Waals surface area (Å²) in [6.45, 7) is 0.710. The number of nitrogens with one attached hydrogen (secondary N) is 1. The van der Waals surface area contributed by atoms with E-state index in [0.717, 1.165) is 40.0 Å². The van der Waals surface area contributed by atoms with Gasteiger partial charge >= 0.3 is 0 Å². The highest BCUT2D eigenvalue weighted by Gasteiger charge is 2.27. The van der Waals surface area contributed by atoms with Gasteiger partial charge in [0.15, 0.2) is 0 Å². The number of hydrogen-bond donors (Lipinski definition) is 1. The third-order valence-corrected chi connectivity index (χ3v) is 5.43. The van der Waals surface area contributed by atoms with E-state index in [0.29, 0.717) is 24.8 Å². The van der Waals surface area contributed by atoms with Crippen LogP contribution in [0.3, 0.4) is 0 Å². The molecule has 1 fully saturated rings. The molecular weight excluding hydrogens is 354 g/mol. The van der Waals surface area contributed by atoms with Crippen molar-refractivity contribution >= 4 is 21.8 Å². The Morgan fingerprint density at radius 3 is 2.96 bits per heavy atom. The quantitative estimate of drug-likeness (QED) is 0.799. The molecule has 1 saturated carbocycles. The Morgan fingerprint density at radius 2 is 2.13 bits per heavy atom. The van der Waals surface area contributed by atoms with E-state index < -0.39 is 0 Å². The predicted octanol–water partition coefficient (Wildman–Crippen LogP) is 4.26. The van der Waals surface area contributed by atoms with Gasteiger partial charge < -0.3 is 10.1 Å². The van der Waals surface area contributed by atoms with Crippen molar-refractivity contribution in [2.24, 2.45) is 11.8 Å². The number of carbonyl (C=O) groups excluding carboxylic acids is 1. The first-order valence-electron chi connectivity index (χ1n) is 8.34. The van der Waals surface area contributed by atoms with Crippen molar-refractivity contribution in [2.75, 3.05) is 6.54 Å². The van der Waals surface area contributed by atoms with Crippen LogP contribution in [0, 0.1) is 11.8 Å². The number of allylic oxidation sites excluding steroid dienone is 5. The van der Waals surface area contributed by atoms with Gasteiger partial charge in [0.1, 0.15) is 11.5 Å². The molecule has 1 aliphatic heterocycles. The summed E-state index contributed by atoms with van der Waals surface area (Å²) in [5, 5.41) is 3.08. The highest BCUT2D eigenvalue weighted by Crippen LogP contribution is 2.40. The second-order valence-electron chi connectivity index (χ2n) is 6.65. The van der Waals surface area contributed by atoms with E-state index in [2.05, 4.69) is 51.6 Å². The lowest BCUT2D eigenvalue weighted by Gasteiger charge is -2.28. The predicted molar refractivity (Wildman–Crippen MR) is 93.5 cm³/mol. The zero-order valence-corrected chi connectivity index (χ0v) is 14.6. The number of ether oxygens (including phenoxy) is 1. The van der Waals surface area contributed by atoms with Gasteiger partial charge in [-0.15, -0.1) is 0 Å². The van der Waals surface area contributed by atoms with E-state index in [-0.39, 0.29) is 5.91 Å². The van der Waals surface area contributed by atoms with Crippen LogP contribution in [0.4, 0.5) is 0 Å². The molecule has 1 atom stereocenters. The van der Waals surface area contributed by atoms with Gasteiger partial charge in [-0.3, -0.25) is 4.79 Å². The first-order valence-corrected chi connectivity index (χ1v) is 9.13. The molecule has 0 aromatic heterocycles. The topological polar surface area (TPSA) is 38.3 Å². The first kappa shape index (κ1) is 15.0. The van der Waals surface area contributed by atoms with Gasteiger partial charge in [-0.05, 0) is 55.7 Å². The smallest absolute Gasteiger partial charge is 0.220 e. The fourth-order valence-corrected chi connectivity index (χ4v) is 3.66. The SMILES string of the molecule is O=C(CC1CC1)NCC1C=C2C=C3C(Br)=CCC=C3OC2=CC1. The van der Waals surface area contributed by atoms with E-state index in [1.165, 1.54) is 12.8 Å². The summed E-state index contributed by atoms with van der Waals surface area (Å²) in [6, 6.07) is 0. The van der Waals surface area contributed by atoms with Crippen molar-refractivity contribution in [3.8, 4) is 0 Å². The van der Waals surface area contributed by atoms with Crippen LogP contribution in [0.2, 0.25) is 0 Å². The lowest BCUT2D eigenvalue weighted by Crippen LogP contribution is -2.29. The van der Waals surface area contributed by atoms with Crippen LogP contribution in [-0.2, 0) is 9.53 Å². The number of halogens is 1. The summed E-state index contributed by atoms with van der Waals surface area (Å²) in [4.78, 5) is 11.8. The Labute approximate surface area is 145 Å². The van der Waals surface area contributed by atoms with Crippen molar-refractivity contribution in [3.05, 3.63) is 57.5 Å². The minimum Gasteiger partial charge on any atom is -0.457 e. The van der Waals surface area contributed by atoms with Crippen LogP contribution >= 0.6 is 15.9 Å². The van der Waals surface area contributed by atoms with Gasteiger partial charge in [0, 0.05) is 28.6 Å². The lowest BCUT2D eigenvalue weighted by atomic mass is 9.91. The highest BCUT2D eigenvalue weighted by atomic mass is 79.9. The minimum absolute atomic E-state index is 0.196. The van der Waals surface area contributed by atoms with E-state index in [9.17, 15) is 4.79 Å². The standard InChI is InChI=1S/C19H20BrNO2/c20-16-2-1-3-18-15(16)10-14-8-13(6-7-17(14)23-18)11-21-19(22)9-12-4-5-12/h2-3,7-8,10,12-13H,1,4-6,9,11H2,(H,21,22). The van der Waals surface area contributed by atoms with Crippen LogP contribution in [0.25, 0.3) is 0 Å². The summed E-state index contributed by atoms with van der Waals surface area (Å²) in [5.41, 5.74) is 2.23. The molecule has 4 heteroatoms. The summed E-state index contributed by atoms with van der Waals surface area (Å²) in [5.74, 6) is 3.07. The Balaban J connectivity index is 1.44. The van der Waals surface area contributed by atoms with Crippen LogP contribution in [0.1, 0.15) is 32.1 Å². The zero-order valence-electron chi connectivity index (χ0n) is 13.0. The summed E-state index contributed by atoms with van der Waals surface area (Å²) in [7, 11) is 0. The third-order valence-electron chi connectivity index (χ3n) is 4.68. The fourth-order valence-electron chi connectivity index (χ4n) is 3.16. The van der Waals surface area contributed by atoms with Crippen LogP contribution in [0.5, 0.6) is 0 Å². The highest BCUT2D eigenvalue weighted by molar-refractivity contribution is 9.12. The Morgan fingerprint density at radius 1 is 1.26 bits per heavy atom. The first-order chi connectivity index (χ1) is 11.2. The average Bonchev–Trinajstić information content (AvgIpc) is 3.35. The largest absolute Gasteiger partial charge is 0.457 e. The normalized spacial score (nSPS) is 25.6. The molecule has 120 valence electrons. The molecule has 0 saturated heterocycles. The van der Waals surface area contributed by atoms with Gasteiger partial charge in [0.2, 0.25) is 5.91 Å². The maximum atomic E-state index is 11.8. The monoisotopic (exact) mass is 373 g/mol. The van der Waals surface area contributed by atoms with Gasteiger partial charge in [0.05, 0.1) is 0 Å². The molecule has 23 heavy (non-hydrogen) atoms. The molecule has 0 radical (unpaired) electrons. The van der Waals surface area contributed by atoms with Crippen molar-refractivity contribution in [3.63, 3.8) is 0 Å². The summed E-state index contributed by atoms with van der Waals surface area (Å²) in [6.07, 6.45) is 15.8. The number of hydrogen-bond acceptors (Lipinski definition) is 2. The van der Waals surface area contributed by atoms with Crippen LogP contribution in [-0.4, -0.2) is 12.5 Å². The molecule has 0 aromatic carbocycles. The molecule has 3 nitrogen and oxygen atoms in total. The minimum atomic E-state index is 0.196. The summed E-state index contributed by atoms with van der Waals surface area (Å²) < 4.78 is 7.12. The molecule has 3 aliphatic carbocycles. The molecule has 1 amide bonds. The second kappa shape index (κ2) is 6.16. The molecule has 0 bridgehead atoms. The third kappa shape index (κ3) is 3.37. The van der Waals surface area contributed by atoms with E-state index >= 15 is 0 Å². The molecule has 0 spiro atoms. The van der Waals surface area contributed by atoms with Crippen molar-refractivity contribution < 1.29 is 9.53 Å². The number of carbonyl (C=O) groups is 1. The zero-order chi connectivity index (χ0) is 15.8. The molecule has 4 aliphatic rings. The Kier molecular flexibility index (Phi) is 4.02. The number of rotatable bonds is 4. The summed E-state index contributed by atoms with van der Waals surface area (Å²) >= 11 is 3.61. The van der Waals surface area contributed by atoms with Crippen molar-refractivity contribution in [2.45, 2.75) is 32.1 Å². The number of amides is 1. The van der Waals surface area contributed by atoms with E-state index in [4.69, 9.17) is 4.74 Å². The van der Waals surface area contributed by atoms with Crippen LogP contribution in [0.15, 0.2) is 57.5 Å². The van der Waals surface area contributed by atoms with Crippen LogP contribution < -0.4 is 5.32 Å².